The molecule has 0 saturated carbocycles. The van der Waals surface area contributed by atoms with Crippen molar-refractivity contribution in [3.8, 4) is 5.75 Å². The first kappa shape index (κ1) is 19.4. The largest absolute Gasteiger partial charge is 0.497 e. The number of ether oxygens (including phenoxy) is 1. The van der Waals surface area contributed by atoms with Crippen molar-refractivity contribution in [1.82, 2.24) is 4.90 Å². The Hall–Kier alpha value is -0.883. The average molecular weight is 352 g/mol. The number of methoxy groups -OCH3 is 1. The van der Waals surface area contributed by atoms with E-state index in [4.69, 9.17) is 9.16 Å². The van der Waals surface area contributed by atoms with Gasteiger partial charge >= 0.3 is 0 Å². The van der Waals surface area contributed by atoms with Gasteiger partial charge in [-0.2, -0.15) is 0 Å². The summed E-state index contributed by atoms with van der Waals surface area (Å²) in [5.74, 6) is 0.873. The third kappa shape index (κ3) is 4.60. The van der Waals surface area contributed by atoms with Crippen LogP contribution in [0.1, 0.15) is 32.8 Å². The van der Waals surface area contributed by atoms with Gasteiger partial charge in [-0.3, -0.25) is 4.90 Å². The van der Waals surface area contributed by atoms with E-state index in [-0.39, 0.29) is 23.8 Å². The predicted octanol–water partition coefficient (Wildman–Crippen LogP) is 3.65. The molecule has 1 N–H and O–H groups in total. The Labute approximate surface area is 147 Å². The maximum atomic E-state index is 9.77. The van der Waals surface area contributed by atoms with Crippen LogP contribution in [0.4, 0.5) is 0 Å². The van der Waals surface area contributed by atoms with Gasteiger partial charge in [0.25, 0.3) is 0 Å². The van der Waals surface area contributed by atoms with Crippen LogP contribution in [-0.4, -0.2) is 50.7 Å². The fourth-order valence-corrected chi connectivity index (χ4v) is 4.32. The van der Waals surface area contributed by atoms with Crippen LogP contribution in [0.25, 0.3) is 0 Å². The van der Waals surface area contributed by atoms with Crippen LogP contribution in [-0.2, 0) is 11.0 Å². The van der Waals surface area contributed by atoms with E-state index in [0.717, 1.165) is 25.3 Å². The quantitative estimate of drug-likeness (QED) is 0.794. The number of aliphatic hydroxyl groups is 1. The molecule has 1 aliphatic rings. The molecule has 2 atom stereocenters. The first-order valence-corrected chi connectivity index (χ1v) is 11.7. The Balaban J connectivity index is 2.01. The van der Waals surface area contributed by atoms with E-state index in [1.165, 1.54) is 5.56 Å². The van der Waals surface area contributed by atoms with Crippen LogP contribution < -0.4 is 4.74 Å². The third-order valence-electron chi connectivity index (χ3n) is 5.51. The minimum Gasteiger partial charge on any atom is -0.497 e. The molecule has 4 nitrogen and oxygen atoms in total. The van der Waals surface area contributed by atoms with Gasteiger partial charge in [-0.25, -0.2) is 0 Å². The Morgan fingerprint density at radius 1 is 1.21 bits per heavy atom. The maximum absolute atomic E-state index is 9.77. The summed E-state index contributed by atoms with van der Waals surface area (Å²) in [6, 6.07) is 8.35. The molecule has 136 valence electrons. The highest BCUT2D eigenvalue weighted by Crippen LogP contribution is 2.39. The van der Waals surface area contributed by atoms with Crippen molar-refractivity contribution >= 4 is 8.32 Å². The standard InChI is InChI=1S/C19H33NO3Si/c1-19(2,3)24(5,6)23-18-11-16(14-21)20(13-18)12-15-7-9-17(22-4)10-8-15/h7-10,16,18,21H,11-14H2,1-6H3/t16-,18+/m0/s1. The lowest BCUT2D eigenvalue weighted by atomic mass is 10.2. The summed E-state index contributed by atoms with van der Waals surface area (Å²) in [5.41, 5.74) is 1.24. The fourth-order valence-electron chi connectivity index (χ4n) is 2.97. The minimum absolute atomic E-state index is 0.182. The second-order valence-electron chi connectivity index (χ2n) is 8.35. The molecule has 1 aromatic carbocycles. The summed E-state index contributed by atoms with van der Waals surface area (Å²) in [6.07, 6.45) is 1.14. The molecule has 0 radical (unpaired) electrons. The number of rotatable bonds is 6. The van der Waals surface area contributed by atoms with Crippen LogP contribution in [0, 0.1) is 0 Å². The second kappa shape index (κ2) is 7.56. The van der Waals surface area contributed by atoms with Crippen LogP contribution in [0.5, 0.6) is 5.75 Å². The van der Waals surface area contributed by atoms with E-state index in [1.807, 2.05) is 12.1 Å². The molecule has 0 unspecified atom stereocenters. The molecule has 1 fully saturated rings. The molecule has 1 saturated heterocycles. The summed E-state index contributed by atoms with van der Waals surface area (Å²) < 4.78 is 11.8. The average Bonchev–Trinajstić information content (AvgIpc) is 2.87. The van der Waals surface area contributed by atoms with E-state index in [0.29, 0.717) is 0 Å². The Kier molecular flexibility index (Phi) is 6.12. The van der Waals surface area contributed by atoms with Crippen molar-refractivity contribution in [2.24, 2.45) is 0 Å². The molecule has 0 aromatic heterocycles. The van der Waals surface area contributed by atoms with Gasteiger partial charge in [0, 0.05) is 19.1 Å². The van der Waals surface area contributed by atoms with Crippen molar-refractivity contribution < 1.29 is 14.3 Å². The van der Waals surface area contributed by atoms with Gasteiger partial charge in [0.2, 0.25) is 0 Å². The topological polar surface area (TPSA) is 41.9 Å². The van der Waals surface area contributed by atoms with E-state index >= 15 is 0 Å². The molecule has 0 amide bonds. The summed E-state index contributed by atoms with van der Waals surface area (Å²) in [6.45, 7) is 13.3. The maximum Gasteiger partial charge on any atom is 0.192 e. The lowest BCUT2D eigenvalue weighted by Gasteiger charge is -2.38. The van der Waals surface area contributed by atoms with Crippen LogP contribution in [0.15, 0.2) is 24.3 Å². The molecule has 2 rings (SSSR count). The molecule has 0 aliphatic carbocycles. The van der Waals surface area contributed by atoms with Gasteiger partial charge in [-0.05, 0) is 42.2 Å². The number of aliphatic hydroxyl groups excluding tert-OH is 1. The lowest BCUT2D eigenvalue weighted by Crippen LogP contribution is -2.44. The summed E-state index contributed by atoms with van der Waals surface area (Å²) in [5, 5.41) is 9.98. The smallest absolute Gasteiger partial charge is 0.192 e. The summed E-state index contributed by atoms with van der Waals surface area (Å²) in [7, 11) is -0.0905. The number of hydrogen-bond acceptors (Lipinski definition) is 4. The molecule has 24 heavy (non-hydrogen) atoms. The first-order chi connectivity index (χ1) is 11.2. The van der Waals surface area contributed by atoms with Gasteiger partial charge in [0.05, 0.1) is 19.8 Å². The van der Waals surface area contributed by atoms with Gasteiger partial charge < -0.3 is 14.3 Å². The molecule has 0 bridgehead atoms. The molecular weight excluding hydrogens is 318 g/mol. The van der Waals surface area contributed by atoms with Crippen LogP contribution in [0.2, 0.25) is 18.1 Å². The first-order valence-electron chi connectivity index (χ1n) is 8.82. The summed E-state index contributed by atoms with van der Waals surface area (Å²) in [4.78, 5) is 2.35. The van der Waals surface area contributed by atoms with Gasteiger partial charge in [-0.1, -0.05) is 32.9 Å². The Bertz CT molecular complexity index is 524. The summed E-state index contributed by atoms with van der Waals surface area (Å²) >= 11 is 0. The number of benzene rings is 1. The van der Waals surface area contributed by atoms with Gasteiger partial charge in [-0.15, -0.1) is 0 Å². The number of likely N-dealkylation sites (tertiary alicyclic amines) is 1. The van der Waals surface area contributed by atoms with Crippen LogP contribution in [0.3, 0.4) is 0 Å². The predicted molar refractivity (Wildman–Crippen MR) is 101 cm³/mol. The highest BCUT2D eigenvalue weighted by molar-refractivity contribution is 6.74. The van der Waals surface area contributed by atoms with E-state index in [1.54, 1.807) is 7.11 Å². The number of nitrogens with zero attached hydrogens (tertiary/aromatic N) is 1. The molecular formula is C19H33NO3Si. The third-order valence-corrected chi connectivity index (χ3v) is 10.0. The van der Waals surface area contributed by atoms with Crippen molar-refractivity contribution in [3.05, 3.63) is 29.8 Å². The SMILES string of the molecule is COc1ccc(CN2C[C@H](O[Si](C)(C)C(C)(C)C)C[C@H]2CO)cc1. The van der Waals surface area contributed by atoms with Crippen molar-refractivity contribution in [2.45, 2.75) is 64.0 Å². The van der Waals surface area contributed by atoms with Crippen LogP contribution >= 0.6 is 0 Å². The minimum atomic E-state index is -1.77. The number of hydrogen-bond donors (Lipinski definition) is 1. The molecule has 1 aliphatic heterocycles. The zero-order valence-corrected chi connectivity index (χ0v) is 17.0. The molecule has 1 aromatic rings. The molecule has 5 heteroatoms. The Morgan fingerprint density at radius 3 is 2.33 bits per heavy atom. The lowest BCUT2D eigenvalue weighted by molar-refractivity contribution is 0.150. The molecule has 0 spiro atoms. The highest BCUT2D eigenvalue weighted by Gasteiger charge is 2.42. The van der Waals surface area contributed by atoms with Gasteiger partial charge in [0.15, 0.2) is 8.32 Å². The highest BCUT2D eigenvalue weighted by atomic mass is 28.4. The zero-order chi connectivity index (χ0) is 18.0. The van der Waals surface area contributed by atoms with Gasteiger partial charge in [0.1, 0.15) is 5.75 Å². The monoisotopic (exact) mass is 351 g/mol. The van der Waals surface area contributed by atoms with Crippen molar-refractivity contribution in [2.75, 3.05) is 20.3 Å². The van der Waals surface area contributed by atoms with Crippen molar-refractivity contribution in [1.29, 1.82) is 0 Å². The molecule has 1 heterocycles. The normalized spacial score (nSPS) is 22.8. The zero-order valence-electron chi connectivity index (χ0n) is 16.0. The fraction of sp³-hybridized carbons (Fsp3) is 0.684. The van der Waals surface area contributed by atoms with E-state index in [9.17, 15) is 5.11 Å². The Morgan fingerprint density at radius 2 is 1.83 bits per heavy atom. The van der Waals surface area contributed by atoms with Crippen molar-refractivity contribution in [3.63, 3.8) is 0 Å². The second-order valence-corrected chi connectivity index (χ2v) is 13.1. The van der Waals surface area contributed by atoms with E-state index in [2.05, 4.69) is 50.9 Å². The van der Waals surface area contributed by atoms with E-state index < -0.39 is 8.32 Å².